The second-order valence-electron chi connectivity index (χ2n) is 5.24. The zero-order chi connectivity index (χ0) is 13.4. The Bertz CT molecular complexity index is 547. The molecule has 0 atom stereocenters. The summed E-state index contributed by atoms with van der Waals surface area (Å²) in [4.78, 5) is 0. The molecule has 2 aliphatic rings. The molecule has 0 radical (unpaired) electrons. The van der Waals surface area contributed by atoms with Crippen molar-refractivity contribution >= 4 is 12.6 Å². The number of fused-ring (bicyclic) bond motifs is 1. The van der Waals surface area contributed by atoms with Crippen LogP contribution in [0.3, 0.4) is 0 Å². The van der Waals surface area contributed by atoms with E-state index < -0.39 is 7.12 Å². The van der Waals surface area contributed by atoms with Crippen molar-refractivity contribution in [1.82, 2.24) is 0 Å². The van der Waals surface area contributed by atoms with E-state index in [2.05, 4.69) is 39.0 Å². The fraction of sp³-hybridized carbons (Fsp3) is 0.333. The van der Waals surface area contributed by atoms with Crippen molar-refractivity contribution in [3.8, 4) is 11.1 Å². The summed E-state index contributed by atoms with van der Waals surface area (Å²) in [5.41, 5.74) is 6.20. The molecule has 2 rings (SSSR count). The lowest BCUT2D eigenvalue weighted by Crippen LogP contribution is -2.30. The molecule has 0 bridgehead atoms. The minimum absolute atomic E-state index is 0.455. The van der Waals surface area contributed by atoms with Crippen LogP contribution < -0.4 is 5.46 Å². The third-order valence-electron chi connectivity index (χ3n) is 3.63. The summed E-state index contributed by atoms with van der Waals surface area (Å²) in [6.07, 6.45) is 0. The summed E-state index contributed by atoms with van der Waals surface area (Å²) < 4.78 is 0. The lowest BCUT2D eigenvalue weighted by atomic mass is 9.79. The molecule has 0 aromatic heterocycles. The molecular formula is C15H19BO2. The maximum atomic E-state index is 9.39. The molecule has 0 fully saturated rings. The molecule has 0 amide bonds. The minimum atomic E-state index is -1.40. The Morgan fingerprint density at radius 1 is 1.00 bits per heavy atom. The Morgan fingerprint density at radius 2 is 1.67 bits per heavy atom. The van der Waals surface area contributed by atoms with Crippen molar-refractivity contribution in [2.45, 2.75) is 33.6 Å². The third kappa shape index (κ3) is 2.16. The van der Waals surface area contributed by atoms with E-state index in [1.807, 2.05) is 13.0 Å². The second kappa shape index (κ2) is 4.75. The van der Waals surface area contributed by atoms with Crippen LogP contribution in [0.1, 0.15) is 36.5 Å². The van der Waals surface area contributed by atoms with Gasteiger partial charge in [0.15, 0.2) is 0 Å². The first-order chi connectivity index (χ1) is 8.41. The quantitative estimate of drug-likeness (QED) is 0.792. The molecule has 2 N–H and O–H groups in total. The molecule has 0 aliphatic heterocycles. The third-order valence-corrected chi connectivity index (χ3v) is 3.63. The van der Waals surface area contributed by atoms with Crippen LogP contribution in [0.2, 0.25) is 0 Å². The maximum absolute atomic E-state index is 9.39. The summed E-state index contributed by atoms with van der Waals surface area (Å²) in [6, 6.07) is 8.29. The van der Waals surface area contributed by atoms with Crippen LogP contribution in [0, 0.1) is 13.8 Å². The van der Waals surface area contributed by atoms with Crippen LogP contribution in [-0.4, -0.2) is 17.2 Å². The standard InChI is InChI=1S/C15H19BO2/c1-9(2)12-6-5-10(3)13-8-15(16(17)18)11(4)14(13)7-12/h5-9,17-18H,1-4H3. The van der Waals surface area contributed by atoms with Gasteiger partial charge in [-0.25, -0.2) is 0 Å². The highest BCUT2D eigenvalue weighted by Gasteiger charge is 2.21. The summed E-state index contributed by atoms with van der Waals surface area (Å²) in [6.45, 7) is 8.33. The van der Waals surface area contributed by atoms with Gasteiger partial charge in [-0.15, -0.1) is 0 Å². The zero-order valence-corrected chi connectivity index (χ0v) is 11.4. The summed E-state index contributed by atoms with van der Waals surface area (Å²) in [7, 11) is -1.40. The van der Waals surface area contributed by atoms with Crippen LogP contribution in [0.15, 0.2) is 24.3 Å². The van der Waals surface area contributed by atoms with Crippen molar-refractivity contribution < 1.29 is 10.0 Å². The minimum Gasteiger partial charge on any atom is -0.423 e. The van der Waals surface area contributed by atoms with E-state index >= 15 is 0 Å². The van der Waals surface area contributed by atoms with E-state index in [1.54, 1.807) is 0 Å². The van der Waals surface area contributed by atoms with Gasteiger partial charge >= 0.3 is 7.12 Å². The van der Waals surface area contributed by atoms with Crippen molar-refractivity contribution in [2.75, 3.05) is 0 Å². The molecule has 2 nitrogen and oxygen atoms in total. The summed E-state index contributed by atoms with van der Waals surface area (Å²) >= 11 is 0. The van der Waals surface area contributed by atoms with Gasteiger partial charge < -0.3 is 10.0 Å². The van der Waals surface area contributed by atoms with Crippen molar-refractivity contribution in [2.24, 2.45) is 0 Å². The Labute approximate surface area is 109 Å². The average Bonchev–Trinajstić information content (AvgIpc) is 2.51. The highest BCUT2D eigenvalue weighted by Crippen LogP contribution is 2.31. The Hall–Kier alpha value is -1.32. The van der Waals surface area contributed by atoms with Gasteiger partial charge in [-0.1, -0.05) is 38.1 Å². The molecule has 0 unspecified atom stereocenters. The van der Waals surface area contributed by atoms with E-state index in [-0.39, 0.29) is 0 Å². The lowest BCUT2D eigenvalue weighted by Gasteiger charge is -2.04. The average molecular weight is 242 g/mol. The van der Waals surface area contributed by atoms with Gasteiger partial charge in [0, 0.05) is 0 Å². The van der Waals surface area contributed by atoms with Gasteiger partial charge in [0.1, 0.15) is 0 Å². The predicted molar refractivity (Wildman–Crippen MR) is 76.5 cm³/mol. The van der Waals surface area contributed by atoms with Gasteiger partial charge in [0.2, 0.25) is 0 Å². The second-order valence-corrected chi connectivity index (χ2v) is 5.24. The smallest absolute Gasteiger partial charge is 0.423 e. The molecule has 0 aromatic carbocycles. The Balaban J connectivity index is 2.75. The Kier molecular flexibility index (Phi) is 3.46. The van der Waals surface area contributed by atoms with E-state index in [0.717, 1.165) is 22.3 Å². The van der Waals surface area contributed by atoms with E-state index in [9.17, 15) is 10.0 Å². The first-order valence-corrected chi connectivity index (χ1v) is 6.31. The lowest BCUT2D eigenvalue weighted by molar-refractivity contribution is 0.425. The fourth-order valence-electron chi connectivity index (χ4n) is 2.36. The normalized spacial score (nSPS) is 11.3. The highest BCUT2D eigenvalue weighted by molar-refractivity contribution is 6.59. The van der Waals surface area contributed by atoms with Crippen molar-refractivity contribution in [3.05, 3.63) is 41.0 Å². The molecular weight excluding hydrogens is 223 g/mol. The van der Waals surface area contributed by atoms with Crippen LogP contribution in [0.25, 0.3) is 11.1 Å². The van der Waals surface area contributed by atoms with Crippen LogP contribution in [0.5, 0.6) is 0 Å². The zero-order valence-electron chi connectivity index (χ0n) is 11.4. The number of rotatable bonds is 2. The molecule has 0 spiro atoms. The first kappa shape index (κ1) is 13.1. The van der Waals surface area contributed by atoms with Gasteiger partial charge in [0.05, 0.1) is 0 Å². The van der Waals surface area contributed by atoms with Gasteiger partial charge in [-0.3, -0.25) is 0 Å². The molecule has 2 aliphatic carbocycles. The predicted octanol–water partition coefficient (Wildman–Crippen LogP) is 2.21. The first-order valence-electron chi connectivity index (χ1n) is 6.31. The fourth-order valence-corrected chi connectivity index (χ4v) is 2.36. The van der Waals surface area contributed by atoms with Crippen molar-refractivity contribution in [1.29, 1.82) is 0 Å². The largest absolute Gasteiger partial charge is 0.488 e. The summed E-state index contributed by atoms with van der Waals surface area (Å²) in [5, 5.41) is 18.8. The molecule has 94 valence electrons. The molecule has 0 aromatic rings. The van der Waals surface area contributed by atoms with Crippen LogP contribution in [-0.2, 0) is 0 Å². The van der Waals surface area contributed by atoms with Crippen LogP contribution in [0.4, 0.5) is 0 Å². The summed E-state index contributed by atoms with van der Waals surface area (Å²) in [5.74, 6) is 0.455. The van der Waals surface area contributed by atoms with E-state index in [0.29, 0.717) is 11.4 Å². The Morgan fingerprint density at radius 3 is 2.22 bits per heavy atom. The number of aryl methyl sites for hydroxylation is 1. The van der Waals surface area contributed by atoms with Gasteiger partial charge in [-0.05, 0) is 53.0 Å². The topological polar surface area (TPSA) is 40.5 Å². The molecule has 0 heterocycles. The van der Waals surface area contributed by atoms with Gasteiger partial charge in [0.25, 0.3) is 0 Å². The molecule has 0 saturated carbocycles. The highest BCUT2D eigenvalue weighted by atomic mass is 16.4. The van der Waals surface area contributed by atoms with E-state index in [1.165, 1.54) is 5.56 Å². The monoisotopic (exact) mass is 242 g/mol. The molecule has 0 saturated heterocycles. The van der Waals surface area contributed by atoms with Gasteiger partial charge in [-0.2, -0.15) is 0 Å². The van der Waals surface area contributed by atoms with E-state index in [4.69, 9.17) is 0 Å². The number of hydrogen-bond acceptors (Lipinski definition) is 2. The number of hydrogen-bond donors (Lipinski definition) is 2. The van der Waals surface area contributed by atoms with Crippen molar-refractivity contribution in [3.63, 3.8) is 0 Å². The van der Waals surface area contributed by atoms with Crippen LogP contribution >= 0.6 is 0 Å². The molecule has 18 heavy (non-hydrogen) atoms. The maximum Gasteiger partial charge on any atom is 0.488 e. The molecule has 3 heteroatoms. The SMILES string of the molecule is Cc1ccc(C(C)C)cc2c(C)c(B(O)O)cc1-2.